The highest BCUT2D eigenvalue weighted by Gasteiger charge is 2.30. The van der Waals surface area contributed by atoms with Gasteiger partial charge in [-0.15, -0.1) is 0 Å². The van der Waals surface area contributed by atoms with Crippen molar-refractivity contribution in [1.82, 2.24) is 9.97 Å². The molecule has 2 aliphatic rings. The summed E-state index contributed by atoms with van der Waals surface area (Å²) in [6, 6.07) is 5.55. The number of nitrogens with zero attached hydrogens (tertiary/aromatic N) is 2. The van der Waals surface area contributed by atoms with E-state index in [9.17, 15) is 9.59 Å². The molecule has 0 aliphatic carbocycles. The molecule has 0 spiro atoms. The zero-order valence-electron chi connectivity index (χ0n) is 17.6. The Morgan fingerprint density at radius 3 is 2.61 bits per heavy atom. The minimum atomic E-state index is -0.517. The fraction of sp³-hybridized carbons (Fsp3) is 0.348. The van der Waals surface area contributed by atoms with Gasteiger partial charge in [0.25, 0.3) is 5.91 Å². The number of hydrogen-bond donors (Lipinski definition) is 2. The highest BCUT2D eigenvalue weighted by Crippen LogP contribution is 2.40. The van der Waals surface area contributed by atoms with Crippen molar-refractivity contribution >= 4 is 22.6 Å². The predicted octanol–water partition coefficient (Wildman–Crippen LogP) is 2.17. The van der Waals surface area contributed by atoms with Crippen molar-refractivity contribution in [3.05, 3.63) is 56.5 Å². The van der Waals surface area contributed by atoms with Crippen LogP contribution < -0.4 is 16.2 Å². The summed E-state index contributed by atoms with van der Waals surface area (Å²) in [6.45, 7) is 7.09. The molecule has 2 aromatic heterocycles. The number of morpholine rings is 1. The number of amides is 1. The van der Waals surface area contributed by atoms with Crippen LogP contribution in [0.1, 0.15) is 32.7 Å². The van der Waals surface area contributed by atoms with Gasteiger partial charge in [0.15, 0.2) is 0 Å². The summed E-state index contributed by atoms with van der Waals surface area (Å²) < 4.78 is 11.2. The van der Waals surface area contributed by atoms with Crippen LogP contribution in [0.5, 0.6) is 0 Å². The summed E-state index contributed by atoms with van der Waals surface area (Å²) in [5.74, 6) is 0.0733. The topological polar surface area (TPSA) is 111 Å². The fourth-order valence-electron chi connectivity index (χ4n) is 4.57. The van der Waals surface area contributed by atoms with E-state index in [1.54, 1.807) is 6.07 Å². The van der Waals surface area contributed by atoms with Gasteiger partial charge in [0, 0.05) is 41.2 Å². The van der Waals surface area contributed by atoms with Gasteiger partial charge in [-0.2, -0.15) is 0 Å². The minimum Gasteiger partial charge on any atom is -0.378 e. The van der Waals surface area contributed by atoms with E-state index in [1.807, 2.05) is 26.0 Å². The highest BCUT2D eigenvalue weighted by molar-refractivity contribution is 6.06. The molecule has 1 aromatic carbocycles. The van der Waals surface area contributed by atoms with E-state index in [0.29, 0.717) is 50.9 Å². The molecule has 0 bridgehead atoms. The number of H-pyrrole nitrogens is 1. The maximum Gasteiger partial charge on any atom is 0.253 e. The van der Waals surface area contributed by atoms with E-state index < -0.39 is 5.91 Å². The number of nitrogens with one attached hydrogen (secondary N) is 1. The first-order chi connectivity index (χ1) is 14.9. The lowest BCUT2D eigenvalue weighted by atomic mass is 9.89. The van der Waals surface area contributed by atoms with Gasteiger partial charge in [0.05, 0.1) is 37.7 Å². The number of carbonyl (C=O) groups is 1. The molecule has 0 atom stereocenters. The monoisotopic (exact) mass is 420 g/mol. The summed E-state index contributed by atoms with van der Waals surface area (Å²) in [6.07, 6.45) is 0. The van der Waals surface area contributed by atoms with E-state index >= 15 is 0 Å². The van der Waals surface area contributed by atoms with Gasteiger partial charge >= 0.3 is 0 Å². The van der Waals surface area contributed by atoms with E-state index in [1.165, 1.54) is 0 Å². The highest BCUT2D eigenvalue weighted by atomic mass is 16.5. The van der Waals surface area contributed by atoms with Crippen LogP contribution in [-0.2, 0) is 22.7 Å². The lowest BCUT2D eigenvalue weighted by molar-refractivity contribution is 0.0998. The summed E-state index contributed by atoms with van der Waals surface area (Å²) in [5, 5.41) is 0.924. The molecular weight excluding hydrogens is 396 g/mol. The van der Waals surface area contributed by atoms with Crippen molar-refractivity contribution in [2.45, 2.75) is 27.1 Å². The first kappa shape index (κ1) is 19.7. The van der Waals surface area contributed by atoms with Crippen molar-refractivity contribution in [1.29, 1.82) is 0 Å². The zero-order valence-corrected chi connectivity index (χ0v) is 17.6. The van der Waals surface area contributed by atoms with Crippen molar-refractivity contribution in [3.63, 3.8) is 0 Å². The largest absolute Gasteiger partial charge is 0.378 e. The van der Waals surface area contributed by atoms with Crippen molar-refractivity contribution in [3.8, 4) is 11.1 Å². The maximum atomic E-state index is 12.8. The third kappa shape index (κ3) is 3.28. The first-order valence-corrected chi connectivity index (χ1v) is 10.3. The molecule has 1 saturated heterocycles. The van der Waals surface area contributed by atoms with Gasteiger partial charge in [0.1, 0.15) is 5.82 Å². The predicted molar refractivity (Wildman–Crippen MR) is 117 cm³/mol. The average molecular weight is 420 g/mol. The number of pyridine rings is 2. The van der Waals surface area contributed by atoms with Gasteiger partial charge in [0.2, 0.25) is 5.56 Å². The van der Waals surface area contributed by atoms with Crippen LogP contribution >= 0.6 is 0 Å². The van der Waals surface area contributed by atoms with Gasteiger partial charge in [-0.1, -0.05) is 0 Å². The molecule has 0 saturated carbocycles. The average Bonchev–Trinajstić information content (AvgIpc) is 3.21. The number of hydrogen-bond acceptors (Lipinski definition) is 6. The Labute approximate surface area is 179 Å². The molecule has 31 heavy (non-hydrogen) atoms. The number of anilines is 1. The number of aryl methyl sites for hydroxylation is 2. The number of carbonyl (C=O) groups excluding carboxylic acids is 1. The van der Waals surface area contributed by atoms with Crippen LogP contribution in [0.2, 0.25) is 0 Å². The Kier molecular flexibility index (Phi) is 4.75. The third-order valence-electron chi connectivity index (χ3n) is 6.07. The van der Waals surface area contributed by atoms with Gasteiger partial charge in [-0.05, 0) is 42.7 Å². The number of primary amides is 1. The molecule has 1 amide bonds. The number of benzene rings is 1. The Hall–Kier alpha value is -3.23. The normalized spacial score (nSPS) is 16.0. The van der Waals surface area contributed by atoms with Crippen LogP contribution in [0.4, 0.5) is 5.82 Å². The Morgan fingerprint density at radius 2 is 1.87 bits per heavy atom. The van der Waals surface area contributed by atoms with Crippen molar-refractivity contribution in [2.24, 2.45) is 5.73 Å². The third-order valence-corrected chi connectivity index (χ3v) is 6.07. The number of ether oxygens (including phenoxy) is 2. The summed E-state index contributed by atoms with van der Waals surface area (Å²) in [5.41, 5.74) is 12.2. The van der Waals surface area contributed by atoms with E-state index in [0.717, 1.165) is 44.4 Å². The lowest BCUT2D eigenvalue weighted by Crippen LogP contribution is -2.38. The molecule has 5 rings (SSSR count). The Bertz CT molecular complexity index is 1280. The first-order valence-electron chi connectivity index (χ1n) is 10.3. The molecule has 8 heteroatoms. The lowest BCUT2D eigenvalue weighted by Gasteiger charge is -2.30. The molecule has 2 aliphatic heterocycles. The van der Waals surface area contributed by atoms with Gasteiger partial charge < -0.3 is 25.1 Å². The minimum absolute atomic E-state index is 0.136. The van der Waals surface area contributed by atoms with Crippen LogP contribution in [0.25, 0.3) is 22.0 Å². The molecule has 4 heterocycles. The number of nitrogens with two attached hydrogens (primary N) is 1. The fourth-order valence-corrected chi connectivity index (χ4v) is 4.57. The number of aromatic nitrogens is 2. The second kappa shape index (κ2) is 7.47. The van der Waals surface area contributed by atoms with Gasteiger partial charge in [-0.25, -0.2) is 4.98 Å². The molecule has 3 N–H and O–H groups in total. The second-order valence-corrected chi connectivity index (χ2v) is 8.10. The van der Waals surface area contributed by atoms with E-state index in [4.69, 9.17) is 20.2 Å². The molecule has 3 aromatic rings. The zero-order chi connectivity index (χ0) is 21.7. The molecule has 160 valence electrons. The SMILES string of the molecule is Cc1cc2[nH]c(=O)cc(C)c2cc1-c1c2c(nc(N3CCOCC3)c1C(N)=O)COC2. The standard InChI is InChI=1S/C23H24N4O4/c1-12-7-17-14(13(2)8-19(28)25-17)9-15(12)20-16-10-31-11-18(16)26-23(21(20)22(24)29)27-3-5-30-6-4-27/h7-9H,3-6,10-11H2,1-2H3,(H2,24,29)(H,25,28). The summed E-state index contributed by atoms with van der Waals surface area (Å²) in [4.78, 5) is 34.5. The van der Waals surface area contributed by atoms with Crippen LogP contribution in [0, 0.1) is 13.8 Å². The molecule has 0 unspecified atom stereocenters. The summed E-state index contributed by atoms with van der Waals surface area (Å²) >= 11 is 0. The van der Waals surface area contributed by atoms with Gasteiger partial charge in [-0.3, -0.25) is 9.59 Å². The molecule has 0 radical (unpaired) electrons. The van der Waals surface area contributed by atoms with Crippen LogP contribution in [0.3, 0.4) is 0 Å². The quantitative estimate of drug-likeness (QED) is 0.672. The van der Waals surface area contributed by atoms with E-state index in [2.05, 4.69) is 9.88 Å². The van der Waals surface area contributed by atoms with Crippen molar-refractivity contribution in [2.75, 3.05) is 31.2 Å². The second-order valence-electron chi connectivity index (χ2n) is 8.10. The number of aromatic amines is 1. The molecule has 1 fully saturated rings. The Morgan fingerprint density at radius 1 is 1.10 bits per heavy atom. The number of fused-ring (bicyclic) bond motifs is 2. The maximum absolute atomic E-state index is 12.8. The van der Waals surface area contributed by atoms with E-state index in [-0.39, 0.29) is 5.56 Å². The Balaban J connectivity index is 1.83. The number of rotatable bonds is 3. The molecular formula is C23H24N4O4. The van der Waals surface area contributed by atoms with Crippen molar-refractivity contribution < 1.29 is 14.3 Å². The summed E-state index contributed by atoms with van der Waals surface area (Å²) in [7, 11) is 0. The molecule has 8 nitrogen and oxygen atoms in total. The van der Waals surface area contributed by atoms with Crippen LogP contribution in [-0.4, -0.2) is 42.2 Å². The van der Waals surface area contributed by atoms with Crippen LogP contribution in [0.15, 0.2) is 23.0 Å². The smallest absolute Gasteiger partial charge is 0.253 e.